The van der Waals surface area contributed by atoms with Gasteiger partial charge >= 0.3 is 0 Å². The van der Waals surface area contributed by atoms with Gasteiger partial charge in [0.1, 0.15) is 10.7 Å². The van der Waals surface area contributed by atoms with Gasteiger partial charge < -0.3 is 10.6 Å². The second-order valence-corrected chi connectivity index (χ2v) is 7.34. The number of aryl methyl sites for hydroxylation is 1. The summed E-state index contributed by atoms with van der Waals surface area (Å²) in [5.41, 5.74) is 2.21. The molecule has 1 saturated carbocycles. The van der Waals surface area contributed by atoms with E-state index in [1.165, 1.54) is 31.1 Å². The number of aromatic nitrogens is 1. The molecule has 1 fully saturated rings. The Morgan fingerprint density at radius 3 is 2.46 bits per heavy atom. The zero-order valence-electron chi connectivity index (χ0n) is 13.9. The van der Waals surface area contributed by atoms with Gasteiger partial charge in [0.2, 0.25) is 5.91 Å². The van der Waals surface area contributed by atoms with E-state index < -0.39 is 0 Å². The van der Waals surface area contributed by atoms with E-state index in [9.17, 15) is 9.59 Å². The predicted molar refractivity (Wildman–Crippen MR) is 96.3 cm³/mol. The lowest BCUT2D eigenvalue weighted by molar-refractivity contribution is -0.114. The van der Waals surface area contributed by atoms with Crippen LogP contribution in [0.3, 0.4) is 0 Å². The van der Waals surface area contributed by atoms with Crippen molar-refractivity contribution >= 4 is 28.8 Å². The smallest absolute Gasteiger partial charge is 0.271 e. The van der Waals surface area contributed by atoms with Crippen molar-refractivity contribution in [1.82, 2.24) is 10.3 Å². The van der Waals surface area contributed by atoms with E-state index >= 15 is 0 Å². The van der Waals surface area contributed by atoms with Crippen LogP contribution in [0.4, 0.5) is 5.69 Å². The van der Waals surface area contributed by atoms with Crippen LogP contribution in [-0.4, -0.2) is 22.8 Å². The van der Waals surface area contributed by atoms with Gasteiger partial charge in [-0.1, -0.05) is 12.8 Å². The molecule has 0 atom stereocenters. The molecule has 1 aromatic heterocycles. The first kappa shape index (κ1) is 16.6. The number of benzene rings is 1. The van der Waals surface area contributed by atoms with Crippen LogP contribution in [0.1, 0.15) is 48.0 Å². The summed E-state index contributed by atoms with van der Waals surface area (Å²) in [6.07, 6.45) is 4.50. The minimum Gasteiger partial charge on any atom is -0.348 e. The van der Waals surface area contributed by atoms with Gasteiger partial charge in [-0.15, -0.1) is 11.3 Å². The Labute approximate surface area is 145 Å². The van der Waals surface area contributed by atoms with Crippen molar-refractivity contribution < 1.29 is 9.59 Å². The van der Waals surface area contributed by atoms with Crippen molar-refractivity contribution in [2.24, 2.45) is 0 Å². The molecule has 2 aromatic rings. The molecule has 3 rings (SSSR count). The monoisotopic (exact) mass is 343 g/mol. The van der Waals surface area contributed by atoms with Gasteiger partial charge in [0.15, 0.2) is 0 Å². The fourth-order valence-corrected chi connectivity index (χ4v) is 3.87. The maximum Gasteiger partial charge on any atom is 0.271 e. The van der Waals surface area contributed by atoms with Crippen molar-refractivity contribution in [1.29, 1.82) is 0 Å². The van der Waals surface area contributed by atoms with Gasteiger partial charge in [-0.2, -0.15) is 0 Å². The molecule has 126 valence electrons. The molecule has 5 nitrogen and oxygen atoms in total. The summed E-state index contributed by atoms with van der Waals surface area (Å²) in [7, 11) is 0. The molecule has 0 spiro atoms. The maximum atomic E-state index is 12.4. The quantitative estimate of drug-likeness (QED) is 0.888. The summed E-state index contributed by atoms with van der Waals surface area (Å²) in [6.45, 7) is 3.41. The van der Waals surface area contributed by atoms with Crippen molar-refractivity contribution in [3.63, 3.8) is 0 Å². The first-order valence-electron chi connectivity index (χ1n) is 8.19. The third-order valence-electron chi connectivity index (χ3n) is 4.15. The minimum absolute atomic E-state index is 0.0724. The van der Waals surface area contributed by atoms with Gasteiger partial charge in [-0.05, 0) is 44.0 Å². The summed E-state index contributed by atoms with van der Waals surface area (Å²) >= 11 is 1.51. The Morgan fingerprint density at radius 2 is 1.83 bits per heavy atom. The van der Waals surface area contributed by atoms with E-state index in [-0.39, 0.29) is 11.8 Å². The van der Waals surface area contributed by atoms with Gasteiger partial charge in [-0.3, -0.25) is 9.59 Å². The second-order valence-electron chi connectivity index (χ2n) is 6.14. The van der Waals surface area contributed by atoms with Crippen molar-refractivity contribution in [3.8, 4) is 10.6 Å². The summed E-state index contributed by atoms with van der Waals surface area (Å²) in [5.74, 6) is -0.171. The molecule has 0 saturated heterocycles. The average Bonchev–Trinajstić information content (AvgIpc) is 3.17. The Bertz CT molecular complexity index is 746. The number of carbonyl (C=O) groups excluding carboxylic acids is 2. The summed E-state index contributed by atoms with van der Waals surface area (Å²) in [5, 5.41) is 6.65. The molecule has 2 amide bonds. The van der Waals surface area contributed by atoms with Gasteiger partial charge in [-0.25, -0.2) is 4.98 Å². The molecule has 0 aliphatic heterocycles. The van der Waals surface area contributed by atoms with Crippen LogP contribution in [0.2, 0.25) is 0 Å². The van der Waals surface area contributed by atoms with E-state index in [0.29, 0.717) is 11.7 Å². The molecular formula is C18H21N3O2S. The molecule has 0 bridgehead atoms. The lowest BCUT2D eigenvalue weighted by Gasteiger charge is -2.10. The molecule has 1 aliphatic rings. The molecular weight excluding hydrogens is 322 g/mol. The van der Waals surface area contributed by atoms with Gasteiger partial charge in [0, 0.05) is 29.1 Å². The number of nitrogens with zero attached hydrogens (tertiary/aromatic N) is 1. The maximum absolute atomic E-state index is 12.4. The summed E-state index contributed by atoms with van der Waals surface area (Å²) < 4.78 is 0. The number of rotatable bonds is 4. The van der Waals surface area contributed by atoms with Crippen LogP contribution in [0.15, 0.2) is 24.3 Å². The fourth-order valence-electron chi connectivity index (χ4n) is 2.95. The molecule has 2 N–H and O–H groups in total. The van der Waals surface area contributed by atoms with Gasteiger partial charge in [0.05, 0.1) is 0 Å². The van der Waals surface area contributed by atoms with Crippen LogP contribution in [-0.2, 0) is 4.79 Å². The normalized spacial score (nSPS) is 14.6. The predicted octanol–water partition coefficient (Wildman–Crippen LogP) is 3.75. The van der Waals surface area contributed by atoms with E-state index in [4.69, 9.17) is 0 Å². The highest BCUT2D eigenvalue weighted by Gasteiger charge is 2.21. The van der Waals surface area contributed by atoms with E-state index in [0.717, 1.165) is 34.0 Å². The minimum atomic E-state index is -0.0984. The van der Waals surface area contributed by atoms with Crippen molar-refractivity contribution in [3.05, 3.63) is 34.8 Å². The third kappa shape index (κ3) is 3.82. The van der Waals surface area contributed by atoms with Crippen molar-refractivity contribution in [2.75, 3.05) is 5.32 Å². The molecule has 1 aromatic carbocycles. The van der Waals surface area contributed by atoms with E-state index in [1.54, 1.807) is 0 Å². The van der Waals surface area contributed by atoms with Gasteiger partial charge in [0.25, 0.3) is 5.91 Å². The molecule has 0 radical (unpaired) electrons. The number of nitrogens with one attached hydrogen (secondary N) is 2. The second kappa shape index (κ2) is 7.13. The summed E-state index contributed by atoms with van der Waals surface area (Å²) in [4.78, 5) is 28.9. The lowest BCUT2D eigenvalue weighted by Crippen LogP contribution is -2.33. The van der Waals surface area contributed by atoms with Crippen LogP contribution >= 0.6 is 11.3 Å². The Kier molecular flexibility index (Phi) is 4.94. The van der Waals surface area contributed by atoms with Crippen LogP contribution in [0.5, 0.6) is 0 Å². The summed E-state index contributed by atoms with van der Waals surface area (Å²) in [6, 6.07) is 7.78. The molecule has 1 heterocycles. The number of hydrogen-bond donors (Lipinski definition) is 2. The van der Waals surface area contributed by atoms with Crippen LogP contribution in [0.25, 0.3) is 10.6 Å². The highest BCUT2D eigenvalue weighted by Crippen LogP contribution is 2.29. The number of anilines is 1. The fraction of sp³-hybridized carbons (Fsp3) is 0.389. The van der Waals surface area contributed by atoms with Crippen LogP contribution < -0.4 is 10.6 Å². The highest BCUT2D eigenvalue weighted by atomic mass is 32.1. The molecule has 1 aliphatic carbocycles. The lowest BCUT2D eigenvalue weighted by atomic mass is 10.2. The first-order chi connectivity index (χ1) is 11.5. The number of carbonyl (C=O) groups is 2. The topological polar surface area (TPSA) is 71.1 Å². The standard InChI is InChI=1S/C18H21N3O2S/c1-11-16(17(23)20-14-5-3-4-6-14)21-18(24-11)13-7-9-15(10-8-13)19-12(2)22/h7-10,14H,3-6H2,1-2H3,(H,19,22)(H,20,23). The highest BCUT2D eigenvalue weighted by molar-refractivity contribution is 7.15. The molecule has 6 heteroatoms. The number of hydrogen-bond acceptors (Lipinski definition) is 4. The number of amides is 2. The zero-order valence-corrected chi connectivity index (χ0v) is 14.7. The number of thiazole rings is 1. The first-order valence-corrected chi connectivity index (χ1v) is 9.01. The largest absolute Gasteiger partial charge is 0.348 e. The molecule has 0 unspecified atom stereocenters. The Hall–Kier alpha value is -2.21. The Morgan fingerprint density at radius 1 is 1.17 bits per heavy atom. The average molecular weight is 343 g/mol. The third-order valence-corrected chi connectivity index (χ3v) is 5.17. The van der Waals surface area contributed by atoms with E-state index in [1.807, 2.05) is 31.2 Å². The van der Waals surface area contributed by atoms with Crippen LogP contribution in [0, 0.1) is 6.92 Å². The Balaban J connectivity index is 1.75. The van der Waals surface area contributed by atoms with E-state index in [2.05, 4.69) is 15.6 Å². The van der Waals surface area contributed by atoms with Crippen molar-refractivity contribution in [2.45, 2.75) is 45.6 Å². The zero-order chi connectivity index (χ0) is 17.1. The SMILES string of the molecule is CC(=O)Nc1ccc(-c2nc(C(=O)NC3CCCC3)c(C)s2)cc1. The molecule has 24 heavy (non-hydrogen) atoms.